The van der Waals surface area contributed by atoms with Crippen molar-refractivity contribution in [1.29, 1.82) is 0 Å². The fourth-order valence-corrected chi connectivity index (χ4v) is 2.90. The number of ether oxygens (including phenoxy) is 2. The van der Waals surface area contributed by atoms with Crippen molar-refractivity contribution in [1.82, 2.24) is 15.5 Å². The standard InChI is InChI=1S/C21H31N3O5/c1-15-5-7-17(8-6-15)28-14-18(25)23-16-9-11-24(12-10-16)19(26)13-22-20(27)29-21(2,3)4/h5-8,16H,9-14H2,1-4H3,(H,22,27)(H,23,25). The van der Waals surface area contributed by atoms with Crippen LogP contribution in [0.2, 0.25) is 0 Å². The van der Waals surface area contributed by atoms with Gasteiger partial charge in [-0.05, 0) is 52.7 Å². The number of aryl methyl sites for hydroxylation is 1. The van der Waals surface area contributed by atoms with E-state index in [0.29, 0.717) is 31.7 Å². The first kappa shape index (κ1) is 22.5. The van der Waals surface area contributed by atoms with Gasteiger partial charge in [0.1, 0.15) is 17.9 Å². The van der Waals surface area contributed by atoms with Gasteiger partial charge in [0.05, 0.1) is 0 Å². The molecule has 160 valence electrons. The Morgan fingerprint density at radius 2 is 1.72 bits per heavy atom. The number of carbonyl (C=O) groups is 3. The third-order valence-electron chi connectivity index (χ3n) is 4.39. The predicted molar refractivity (Wildman–Crippen MR) is 109 cm³/mol. The minimum absolute atomic E-state index is 0.00647. The maximum atomic E-state index is 12.2. The van der Waals surface area contributed by atoms with Crippen molar-refractivity contribution in [2.75, 3.05) is 26.2 Å². The molecule has 0 aliphatic carbocycles. The number of likely N-dealkylation sites (tertiary alicyclic amines) is 1. The highest BCUT2D eigenvalue weighted by Gasteiger charge is 2.24. The van der Waals surface area contributed by atoms with Crippen molar-refractivity contribution in [2.45, 2.75) is 52.2 Å². The molecule has 0 bridgehead atoms. The Kier molecular flexibility index (Phi) is 7.87. The summed E-state index contributed by atoms with van der Waals surface area (Å²) in [5, 5.41) is 5.42. The van der Waals surface area contributed by atoms with Crippen LogP contribution in [0.4, 0.5) is 4.79 Å². The van der Waals surface area contributed by atoms with Gasteiger partial charge in [-0.25, -0.2) is 4.79 Å². The Labute approximate surface area is 171 Å². The summed E-state index contributed by atoms with van der Waals surface area (Å²) < 4.78 is 10.6. The summed E-state index contributed by atoms with van der Waals surface area (Å²) in [7, 11) is 0. The zero-order valence-electron chi connectivity index (χ0n) is 17.6. The molecule has 8 heteroatoms. The second-order valence-electron chi connectivity index (χ2n) is 8.18. The number of hydrogen-bond acceptors (Lipinski definition) is 5. The number of amides is 3. The maximum Gasteiger partial charge on any atom is 0.408 e. The van der Waals surface area contributed by atoms with Gasteiger partial charge in [-0.3, -0.25) is 9.59 Å². The Morgan fingerprint density at radius 3 is 2.31 bits per heavy atom. The number of piperidine rings is 1. The molecule has 0 saturated carbocycles. The average Bonchev–Trinajstić information content (AvgIpc) is 2.65. The molecule has 2 rings (SSSR count). The third-order valence-corrected chi connectivity index (χ3v) is 4.39. The first-order chi connectivity index (χ1) is 13.6. The van der Waals surface area contributed by atoms with Gasteiger partial charge in [0.25, 0.3) is 5.91 Å². The highest BCUT2D eigenvalue weighted by atomic mass is 16.6. The monoisotopic (exact) mass is 405 g/mol. The maximum absolute atomic E-state index is 12.2. The molecule has 1 heterocycles. The lowest BCUT2D eigenvalue weighted by molar-refractivity contribution is -0.131. The van der Waals surface area contributed by atoms with E-state index in [0.717, 1.165) is 5.56 Å². The van der Waals surface area contributed by atoms with Crippen LogP contribution in [0.3, 0.4) is 0 Å². The number of alkyl carbamates (subject to hydrolysis) is 1. The number of nitrogens with zero attached hydrogens (tertiary/aromatic N) is 1. The lowest BCUT2D eigenvalue weighted by Gasteiger charge is -2.32. The van der Waals surface area contributed by atoms with Gasteiger partial charge in [-0.15, -0.1) is 0 Å². The molecule has 1 aliphatic heterocycles. The molecule has 1 aliphatic rings. The van der Waals surface area contributed by atoms with E-state index < -0.39 is 11.7 Å². The highest BCUT2D eigenvalue weighted by molar-refractivity contribution is 5.82. The van der Waals surface area contributed by atoms with Gasteiger partial charge in [-0.1, -0.05) is 17.7 Å². The lowest BCUT2D eigenvalue weighted by atomic mass is 10.0. The van der Waals surface area contributed by atoms with Crippen molar-refractivity contribution in [3.8, 4) is 5.75 Å². The van der Waals surface area contributed by atoms with Crippen molar-refractivity contribution in [3.63, 3.8) is 0 Å². The van der Waals surface area contributed by atoms with Crippen LogP contribution in [0, 0.1) is 6.92 Å². The Hall–Kier alpha value is -2.77. The normalized spacial score (nSPS) is 14.8. The second kappa shape index (κ2) is 10.1. The molecule has 1 saturated heterocycles. The van der Waals surface area contributed by atoms with Crippen LogP contribution >= 0.6 is 0 Å². The summed E-state index contributed by atoms with van der Waals surface area (Å²) in [6.45, 7) is 8.19. The zero-order chi connectivity index (χ0) is 21.4. The van der Waals surface area contributed by atoms with Gasteiger partial charge in [0.2, 0.25) is 5.91 Å². The van der Waals surface area contributed by atoms with E-state index in [-0.39, 0.29) is 31.0 Å². The van der Waals surface area contributed by atoms with Gasteiger partial charge in [0, 0.05) is 19.1 Å². The SMILES string of the molecule is Cc1ccc(OCC(=O)NC2CCN(C(=O)CNC(=O)OC(C)(C)C)CC2)cc1. The number of benzene rings is 1. The molecule has 3 amide bonds. The summed E-state index contributed by atoms with van der Waals surface area (Å²) in [5.74, 6) is 0.314. The third kappa shape index (κ3) is 8.41. The number of carbonyl (C=O) groups excluding carboxylic acids is 3. The average molecular weight is 405 g/mol. The Bertz CT molecular complexity index is 704. The van der Waals surface area contributed by atoms with Crippen molar-refractivity contribution >= 4 is 17.9 Å². The molecule has 1 aromatic carbocycles. The van der Waals surface area contributed by atoms with E-state index >= 15 is 0 Å². The van der Waals surface area contributed by atoms with E-state index in [4.69, 9.17) is 9.47 Å². The predicted octanol–water partition coefficient (Wildman–Crippen LogP) is 2.01. The summed E-state index contributed by atoms with van der Waals surface area (Å²) in [6.07, 6.45) is 0.713. The molecule has 2 N–H and O–H groups in total. The second-order valence-corrected chi connectivity index (χ2v) is 8.18. The van der Waals surface area contributed by atoms with Crippen LogP contribution < -0.4 is 15.4 Å². The molecular weight excluding hydrogens is 374 g/mol. The van der Waals surface area contributed by atoms with E-state index in [1.54, 1.807) is 25.7 Å². The molecule has 1 aromatic rings. The summed E-state index contributed by atoms with van der Waals surface area (Å²) in [6, 6.07) is 7.53. The van der Waals surface area contributed by atoms with Gasteiger partial charge in [0.15, 0.2) is 6.61 Å². The van der Waals surface area contributed by atoms with Crippen molar-refractivity contribution < 1.29 is 23.9 Å². The minimum atomic E-state index is -0.610. The first-order valence-corrected chi connectivity index (χ1v) is 9.86. The van der Waals surface area contributed by atoms with Crippen LogP contribution in [0.15, 0.2) is 24.3 Å². The zero-order valence-corrected chi connectivity index (χ0v) is 17.6. The molecule has 0 aromatic heterocycles. The highest BCUT2D eigenvalue weighted by Crippen LogP contribution is 2.13. The fraction of sp³-hybridized carbons (Fsp3) is 0.571. The number of nitrogens with one attached hydrogen (secondary N) is 2. The van der Waals surface area contributed by atoms with Crippen molar-refractivity contribution in [3.05, 3.63) is 29.8 Å². The number of rotatable bonds is 6. The van der Waals surface area contributed by atoms with E-state index in [1.807, 2.05) is 31.2 Å². The number of hydrogen-bond donors (Lipinski definition) is 2. The van der Waals surface area contributed by atoms with Crippen molar-refractivity contribution in [2.24, 2.45) is 0 Å². The molecule has 0 spiro atoms. The smallest absolute Gasteiger partial charge is 0.408 e. The fourth-order valence-electron chi connectivity index (χ4n) is 2.90. The van der Waals surface area contributed by atoms with Crippen LogP contribution in [-0.4, -0.2) is 60.7 Å². The molecule has 0 unspecified atom stereocenters. The molecule has 0 radical (unpaired) electrons. The largest absolute Gasteiger partial charge is 0.484 e. The quantitative estimate of drug-likeness (QED) is 0.755. The summed E-state index contributed by atoms with van der Waals surface area (Å²) in [4.78, 5) is 37.6. The topological polar surface area (TPSA) is 97.0 Å². The van der Waals surface area contributed by atoms with Gasteiger partial charge >= 0.3 is 6.09 Å². The lowest BCUT2D eigenvalue weighted by Crippen LogP contribution is -2.49. The Morgan fingerprint density at radius 1 is 1.10 bits per heavy atom. The Balaban J connectivity index is 1.65. The van der Waals surface area contributed by atoms with Gasteiger partial charge in [-0.2, -0.15) is 0 Å². The molecule has 1 fully saturated rings. The van der Waals surface area contributed by atoms with Crippen LogP contribution in [0.25, 0.3) is 0 Å². The first-order valence-electron chi connectivity index (χ1n) is 9.86. The molecular formula is C21H31N3O5. The molecule has 29 heavy (non-hydrogen) atoms. The van der Waals surface area contributed by atoms with Gasteiger partial charge < -0.3 is 25.0 Å². The summed E-state index contributed by atoms with van der Waals surface area (Å²) in [5.41, 5.74) is 0.525. The van der Waals surface area contributed by atoms with E-state index in [2.05, 4.69) is 10.6 Å². The molecule has 8 nitrogen and oxygen atoms in total. The van der Waals surface area contributed by atoms with Crippen LogP contribution in [-0.2, 0) is 14.3 Å². The van der Waals surface area contributed by atoms with Crippen LogP contribution in [0.5, 0.6) is 5.75 Å². The minimum Gasteiger partial charge on any atom is -0.484 e. The van der Waals surface area contributed by atoms with E-state index in [9.17, 15) is 14.4 Å². The molecule has 0 atom stereocenters. The van der Waals surface area contributed by atoms with Crippen LogP contribution in [0.1, 0.15) is 39.2 Å². The summed E-state index contributed by atoms with van der Waals surface area (Å²) >= 11 is 0. The van der Waals surface area contributed by atoms with E-state index in [1.165, 1.54) is 0 Å².